The summed E-state index contributed by atoms with van der Waals surface area (Å²) in [7, 11) is 0. The minimum atomic E-state index is -0.663. The summed E-state index contributed by atoms with van der Waals surface area (Å²) in [5.74, 6) is 0.820. The van der Waals surface area contributed by atoms with E-state index in [9.17, 15) is 10.2 Å². The van der Waals surface area contributed by atoms with Gasteiger partial charge in [-0.1, -0.05) is 6.92 Å². The fourth-order valence-corrected chi connectivity index (χ4v) is 2.21. The molecule has 1 aromatic heterocycles. The second-order valence-corrected chi connectivity index (χ2v) is 4.12. The highest BCUT2D eigenvalue weighted by atomic mass is 32.1. The molecule has 2 N–H and O–H groups in total. The first-order valence-electron chi connectivity index (χ1n) is 4.64. The van der Waals surface area contributed by atoms with Gasteiger partial charge in [-0.25, -0.2) is 4.98 Å². The predicted molar refractivity (Wildman–Crippen MR) is 53.5 cm³/mol. The highest BCUT2D eigenvalue weighted by Crippen LogP contribution is 2.22. The summed E-state index contributed by atoms with van der Waals surface area (Å²) < 4.78 is 4.15. The molecule has 0 bridgehead atoms. The fraction of sp³-hybridized carbons (Fsp3) is 0.750. The number of hydrogen-bond acceptors (Lipinski definition) is 6. The summed E-state index contributed by atoms with van der Waals surface area (Å²) in [6.45, 7) is 2.89. The number of anilines is 1. The van der Waals surface area contributed by atoms with E-state index in [1.54, 1.807) is 0 Å². The Kier molecular flexibility index (Phi) is 2.66. The molecular weight excluding hydrogens is 202 g/mol. The van der Waals surface area contributed by atoms with E-state index in [0.29, 0.717) is 13.1 Å². The summed E-state index contributed by atoms with van der Waals surface area (Å²) in [5, 5.41) is 19.5. The summed E-state index contributed by atoms with van der Waals surface area (Å²) in [6, 6.07) is 0. The molecule has 0 radical (unpaired) electrons. The van der Waals surface area contributed by atoms with Crippen molar-refractivity contribution in [3.05, 3.63) is 5.82 Å². The van der Waals surface area contributed by atoms with Gasteiger partial charge in [-0.2, -0.15) is 4.37 Å². The molecule has 1 aliphatic heterocycles. The molecule has 2 unspecified atom stereocenters. The van der Waals surface area contributed by atoms with Crippen molar-refractivity contribution in [1.29, 1.82) is 0 Å². The van der Waals surface area contributed by atoms with E-state index in [1.807, 2.05) is 11.8 Å². The molecule has 14 heavy (non-hydrogen) atoms. The van der Waals surface area contributed by atoms with Crippen LogP contribution in [-0.4, -0.2) is 44.9 Å². The van der Waals surface area contributed by atoms with Crippen molar-refractivity contribution in [1.82, 2.24) is 9.36 Å². The lowest BCUT2D eigenvalue weighted by Crippen LogP contribution is -2.22. The Hall–Kier alpha value is -0.720. The van der Waals surface area contributed by atoms with Gasteiger partial charge in [0.1, 0.15) is 5.82 Å². The summed E-state index contributed by atoms with van der Waals surface area (Å²) in [4.78, 5) is 6.16. The van der Waals surface area contributed by atoms with Crippen molar-refractivity contribution in [2.45, 2.75) is 25.6 Å². The SMILES string of the molecule is CCc1nsc(N2CC(O)C(O)C2)n1. The van der Waals surface area contributed by atoms with Crippen LogP contribution in [-0.2, 0) is 6.42 Å². The lowest BCUT2D eigenvalue weighted by atomic mass is 10.3. The normalized spacial score (nSPS) is 27.2. The van der Waals surface area contributed by atoms with E-state index < -0.39 is 12.2 Å². The Morgan fingerprint density at radius 1 is 1.43 bits per heavy atom. The standard InChI is InChI=1S/C8H13N3O2S/c1-2-7-9-8(14-10-7)11-3-5(12)6(13)4-11/h5-6,12-13H,2-4H2,1H3. The quantitative estimate of drug-likeness (QED) is 0.705. The third-order valence-electron chi connectivity index (χ3n) is 2.30. The van der Waals surface area contributed by atoms with Gasteiger partial charge in [0.25, 0.3) is 0 Å². The first-order chi connectivity index (χ1) is 6.70. The molecule has 5 nitrogen and oxygen atoms in total. The van der Waals surface area contributed by atoms with E-state index in [1.165, 1.54) is 11.5 Å². The molecule has 78 valence electrons. The highest BCUT2D eigenvalue weighted by Gasteiger charge is 2.31. The molecule has 1 fully saturated rings. The number of aliphatic hydroxyl groups is 2. The second kappa shape index (κ2) is 3.80. The molecule has 2 atom stereocenters. The molecular formula is C8H13N3O2S. The van der Waals surface area contributed by atoms with E-state index in [-0.39, 0.29) is 0 Å². The molecule has 0 amide bonds. The maximum Gasteiger partial charge on any atom is 0.205 e. The van der Waals surface area contributed by atoms with Crippen LogP contribution in [0, 0.1) is 0 Å². The average molecular weight is 215 g/mol. The van der Waals surface area contributed by atoms with Gasteiger partial charge in [0, 0.05) is 31.0 Å². The lowest BCUT2D eigenvalue weighted by molar-refractivity contribution is 0.0572. The highest BCUT2D eigenvalue weighted by molar-refractivity contribution is 7.09. The molecule has 0 aliphatic carbocycles. The van der Waals surface area contributed by atoms with Crippen LogP contribution in [0.4, 0.5) is 5.13 Å². The minimum Gasteiger partial charge on any atom is -0.389 e. The Morgan fingerprint density at radius 3 is 2.57 bits per heavy atom. The van der Waals surface area contributed by atoms with Crippen LogP contribution in [0.2, 0.25) is 0 Å². The summed E-state index contributed by atoms with van der Waals surface area (Å²) in [6.07, 6.45) is -0.511. The number of rotatable bonds is 2. The molecule has 1 aliphatic rings. The van der Waals surface area contributed by atoms with E-state index in [4.69, 9.17) is 0 Å². The van der Waals surface area contributed by atoms with E-state index in [2.05, 4.69) is 9.36 Å². The van der Waals surface area contributed by atoms with Crippen LogP contribution in [0.5, 0.6) is 0 Å². The van der Waals surface area contributed by atoms with Crippen molar-refractivity contribution >= 4 is 16.7 Å². The number of nitrogens with zero attached hydrogens (tertiary/aromatic N) is 3. The van der Waals surface area contributed by atoms with E-state index in [0.717, 1.165) is 17.4 Å². The number of aryl methyl sites for hydroxylation is 1. The Labute approximate surface area is 86.2 Å². The molecule has 2 heterocycles. The number of aromatic nitrogens is 2. The zero-order chi connectivity index (χ0) is 10.1. The smallest absolute Gasteiger partial charge is 0.205 e. The van der Waals surface area contributed by atoms with Gasteiger partial charge in [0.05, 0.1) is 12.2 Å². The van der Waals surface area contributed by atoms with E-state index >= 15 is 0 Å². The van der Waals surface area contributed by atoms with Crippen LogP contribution in [0.15, 0.2) is 0 Å². The van der Waals surface area contributed by atoms with Gasteiger partial charge in [0.2, 0.25) is 5.13 Å². The maximum absolute atomic E-state index is 9.36. The first-order valence-corrected chi connectivity index (χ1v) is 5.41. The van der Waals surface area contributed by atoms with Gasteiger partial charge >= 0.3 is 0 Å². The maximum atomic E-state index is 9.36. The zero-order valence-electron chi connectivity index (χ0n) is 7.92. The molecule has 6 heteroatoms. The van der Waals surface area contributed by atoms with Crippen LogP contribution in [0.1, 0.15) is 12.7 Å². The summed E-state index contributed by atoms with van der Waals surface area (Å²) >= 11 is 1.32. The predicted octanol–water partition coefficient (Wildman–Crippen LogP) is -0.358. The minimum absolute atomic E-state index is 0.444. The van der Waals surface area contributed by atoms with Gasteiger partial charge < -0.3 is 15.1 Å². The van der Waals surface area contributed by atoms with Crippen molar-refractivity contribution in [2.75, 3.05) is 18.0 Å². The van der Waals surface area contributed by atoms with Crippen LogP contribution < -0.4 is 4.90 Å². The third-order valence-corrected chi connectivity index (χ3v) is 3.12. The number of hydrogen-bond donors (Lipinski definition) is 2. The Bertz CT molecular complexity index is 307. The van der Waals surface area contributed by atoms with Crippen molar-refractivity contribution in [3.63, 3.8) is 0 Å². The Morgan fingerprint density at radius 2 is 2.07 bits per heavy atom. The van der Waals surface area contributed by atoms with Crippen molar-refractivity contribution in [3.8, 4) is 0 Å². The molecule has 2 rings (SSSR count). The monoisotopic (exact) mass is 215 g/mol. The Balaban J connectivity index is 2.09. The number of aliphatic hydroxyl groups excluding tert-OH is 2. The number of β-amino-alcohol motifs (C(OH)–C–C–N with tert-alkyl or cyclic N) is 2. The van der Waals surface area contributed by atoms with Crippen molar-refractivity contribution in [2.24, 2.45) is 0 Å². The first kappa shape index (κ1) is 9.82. The molecule has 1 aromatic rings. The van der Waals surface area contributed by atoms with Gasteiger partial charge in [-0.15, -0.1) is 0 Å². The molecule has 0 spiro atoms. The molecule has 0 saturated carbocycles. The van der Waals surface area contributed by atoms with Crippen LogP contribution >= 0.6 is 11.5 Å². The molecule has 0 aromatic carbocycles. The fourth-order valence-electron chi connectivity index (χ4n) is 1.44. The van der Waals surface area contributed by atoms with Gasteiger partial charge in [-0.05, 0) is 0 Å². The van der Waals surface area contributed by atoms with Crippen LogP contribution in [0.3, 0.4) is 0 Å². The van der Waals surface area contributed by atoms with Gasteiger partial charge in [-0.3, -0.25) is 0 Å². The average Bonchev–Trinajstić information content (AvgIpc) is 2.74. The molecule has 1 saturated heterocycles. The zero-order valence-corrected chi connectivity index (χ0v) is 8.74. The lowest BCUT2D eigenvalue weighted by Gasteiger charge is -2.11. The third kappa shape index (κ3) is 1.73. The van der Waals surface area contributed by atoms with Gasteiger partial charge in [0.15, 0.2) is 0 Å². The van der Waals surface area contributed by atoms with Crippen molar-refractivity contribution < 1.29 is 10.2 Å². The largest absolute Gasteiger partial charge is 0.389 e. The topological polar surface area (TPSA) is 69.5 Å². The summed E-state index contributed by atoms with van der Waals surface area (Å²) in [5.41, 5.74) is 0. The second-order valence-electron chi connectivity index (χ2n) is 3.39. The van der Waals surface area contributed by atoms with Crippen LogP contribution in [0.25, 0.3) is 0 Å².